The molecule has 0 amide bonds. The lowest BCUT2D eigenvalue weighted by molar-refractivity contribution is -0.307. The zero-order valence-electron chi connectivity index (χ0n) is 11.7. The number of benzene rings is 1. The SMILES string of the molecule is O=C([O-])COc1ccc2c(c1)C(=O)CC1(CCCCC1)O2. The molecule has 1 heterocycles. The van der Waals surface area contributed by atoms with Crippen molar-refractivity contribution in [3.63, 3.8) is 0 Å². The molecular formula is C16H17O5-. The Bertz CT molecular complexity index is 572. The van der Waals surface area contributed by atoms with Crippen LogP contribution in [0.5, 0.6) is 11.5 Å². The van der Waals surface area contributed by atoms with Crippen molar-refractivity contribution >= 4 is 11.8 Å². The molecule has 0 radical (unpaired) electrons. The Balaban J connectivity index is 1.82. The maximum Gasteiger partial charge on any atom is 0.170 e. The molecule has 0 atom stereocenters. The molecule has 1 saturated carbocycles. The summed E-state index contributed by atoms with van der Waals surface area (Å²) in [5.74, 6) is -0.336. The van der Waals surface area contributed by atoms with Gasteiger partial charge < -0.3 is 19.4 Å². The Labute approximate surface area is 122 Å². The first-order valence-corrected chi connectivity index (χ1v) is 7.27. The van der Waals surface area contributed by atoms with Gasteiger partial charge in [-0.3, -0.25) is 4.79 Å². The summed E-state index contributed by atoms with van der Waals surface area (Å²) in [5, 5.41) is 10.4. The maximum absolute atomic E-state index is 12.4. The van der Waals surface area contributed by atoms with Gasteiger partial charge in [0.25, 0.3) is 0 Å². The van der Waals surface area contributed by atoms with Gasteiger partial charge in [-0.05, 0) is 43.9 Å². The Morgan fingerprint density at radius 3 is 2.76 bits per heavy atom. The molecular weight excluding hydrogens is 272 g/mol. The van der Waals surface area contributed by atoms with E-state index in [1.54, 1.807) is 18.2 Å². The van der Waals surface area contributed by atoms with Gasteiger partial charge in [-0.25, -0.2) is 0 Å². The molecule has 1 aromatic carbocycles. The largest absolute Gasteiger partial charge is 0.546 e. The van der Waals surface area contributed by atoms with Gasteiger partial charge in [-0.1, -0.05) is 6.42 Å². The summed E-state index contributed by atoms with van der Waals surface area (Å²) in [6.07, 6.45) is 5.61. The smallest absolute Gasteiger partial charge is 0.170 e. The second kappa shape index (κ2) is 5.39. The highest BCUT2D eigenvalue weighted by Crippen LogP contribution is 2.42. The van der Waals surface area contributed by atoms with E-state index < -0.39 is 12.6 Å². The zero-order valence-corrected chi connectivity index (χ0v) is 11.7. The lowest BCUT2D eigenvalue weighted by atomic mass is 9.78. The monoisotopic (exact) mass is 289 g/mol. The molecule has 1 aliphatic heterocycles. The van der Waals surface area contributed by atoms with E-state index in [0.29, 0.717) is 23.5 Å². The van der Waals surface area contributed by atoms with E-state index in [1.807, 2.05) is 0 Å². The number of Topliss-reactive ketones (excluding diaryl/α,β-unsaturated/α-hetero) is 1. The summed E-state index contributed by atoms with van der Waals surface area (Å²) >= 11 is 0. The van der Waals surface area contributed by atoms with Crippen LogP contribution >= 0.6 is 0 Å². The van der Waals surface area contributed by atoms with E-state index in [4.69, 9.17) is 9.47 Å². The summed E-state index contributed by atoms with van der Waals surface area (Å²) in [7, 11) is 0. The minimum absolute atomic E-state index is 0.0389. The summed E-state index contributed by atoms with van der Waals surface area (Å²) < 4.78 is 11.2. The Hall–Kier alpha value is -2.04. The van der Waals surface area contributed by atoms with E-state index in [-0.39, 0.29) is 11.4 Å². The number of ether oxygens (including phenoxy) is 2. The molecule has 0 saturated heterocycles. The number of aliphatic carboxylic acids is 1. The van der Waals surface area contributed by atoms with E-state index in [0.717, 1.165) is 25.7 Å². The minimum atomic E-state index is -1.29. The summed E-state index contributed by atoms with van der Waals surface area (Å²) in [6.45, 7) is -0.530. The van der Waals surface area contributed by atoms with Crippen LogP contribution in [-0.2, 0) is 4.79 Å². The van der Waals surface area contributed by atoms with Crippen molar-refractivity contribution < 1.29 is 24.2 Å². The van der Waals surface area contributed by atoms with Gasteiger partial charge in [0, 0.05) is 0 Å². The number of carbonyl (C=O) groups is 2. The van der Waals surface area contributed by atoms with Gasteiger partial charge in [0.2, 0.25) is 0 Å². The van der Waals surface area contributed by atoms with Crippen LogP contribution in [0.4, 0.5) is 0 Å². The van der Waals surface area contributed by atoms with Crippen LogP contribution in [0.25, 0.3) is 0 Å². The predicted molar refractivity (Wildman–Crippen MR) is 72.3 cm³/mol. The summed E-state index contributed by atoms with van der Waals surface area (Å²) in [5.41, 5.74) is 0.137. The quantitative estimate of drug-likeness (QED) is 0.842. The van der Waals surface area contributed by atoms with E-state index in [9.17, 15) is 14.7 Å². The van der Waals surface area contributed by atoms with Crippen LogP contribution < -0.4 is 14.6 Å². The topological polar surface area (TPSA) is 75.7 Å². The van der Waals surface area contributed by atoms with Crippen LogP contribution in [0.2, 0.25) is 0 Å². The predicted octanol–water partition coefficient (Wildman–Crippen LogP) is 1.48. The van der Waals surface area contributed by atoms with Gasteiger partial charge in [0.05, 0.1) is 18.0 Å². The fourth-order valence-electron chi connectivity index (χ4n) is 3.18. The molecule has 2 aliphatic rings. The molecule has 1 aliphatic carbocycles. The molecule has 1 fully saturated rings. The zero-order chi connectivity index (χ0) is 14.9. The minimum Gasteiger partial charge on any atom is -0.546 e. The first kappa shape index (κ1) is 13.9. The standard InChI is InChI=1S/C16H18O5/c17-13-9-16(6-2-1-3-7-16)21-14-5-4-11(8-12(13)14)20-10-15(18)19/h4-5,8H,1-3,6-7,9-10H2,(H,18,19)/p-1. The molecule has 0 aromatic heterocycles. The number of fused-ring (bicyclic) bond motifs is 1. The molecule has 0 N–H and O–H groups in total. The Morgan fingerprint density at radius 2 is 2.05 bits per heavy atom. The van der Waals surface area contributed by atoms with Crippen LogP contribution in [0.1, 0.15) is 48.9 Å². The fraction of sp³-hybridized carbons (Fsp3) is 0.500. The van der Waals surface area contributed by atoms with Crippen LogP contribution in [-0.4, -0.2) is 24.0 Å². The highest BCUT2D eigenvalue weighted by molar-refractivity contribution is 6.00. The summed E-state index contributed by atoms with van der Waals surface area (Å²) in [6, 6.07) is 4.86. The third-order valence-electron chi connectivity index (χ3n) is 4.18. The maximum atomic E-state index is 12.4. The van der Waals surface area contributed by atoms with E-state index in [1.165, 1.54) is 6.42 Å². The number of rotatable bonds is 3. The molecule has 112 valence electrons. The van der Waals surface area contributed by atoms with Crippen molar-refractivity contribution in [2.24, 2.45) is 0 Å². The number of carboxylic acid groups (broad SMARTS) is 1. The molecule has 0 bridgehead atoms. The molecule has 1 spiro atoms. The number of hydrogen-bond donors (Lipinski definition) is 0. The third-order valence-corrected chi connectivity index (χ3v) is 4.18. The molecule has 1 aromatic rings. The normalized spacial score (nSPS) is 19.7. The first-order chi connectivity index (χ1) is 10.1. The highest BCUT2D eigenvalue weighted by Gasteiger charge is 2.41. The van der Waals surface area contributed by atoms with Crippen molar-refractivity contribution in [2.75, 3.05) is 6.61 Å². The van der Waals surface area contributed by atoms with Gasteiger partial charge in [0.15, 0.2) is 5.78 Å². The third kappa shape index (κ3) is 2.86. The van der Waals surface area contributed by atoms with Gasteiger partial charge in [-0.2, -0.15) is 0 Å². The highest BCUT2D eigenvalue weighted by atomic mass is 16.5. The van der Waals surface area contributed by atoms with E-state index >= 15 is 0 Å². The van der Waals surface area contributed by atoms with Crippen LogP contribution in [0.15, 0.2) is 18.2 Å². The molecule has 21 heavy (non-hydrogen) atoms. The first-order valence-electron chi connectivity index (χ1n) is 7.27. The lowest BCUT2D eigenvalue weighted by Crippen LogP contribution is -2.43. The van der Waals surface area contributed by atoms with Crippen LogP contribution in [0, 0.1) is 0 Å². The Kier molecular flexibility index (Phi) is 3.57. The number of carboxylic acids is 1. The summed E-state index contributed by atoms with van der Waals surface area (Å²) in [4.78, 5) is 22.8. The fourth-order valence-corrected chi connectivity index (χ4v) is 3.18. The lowest BCUT2D eigenvalue weighted by Gasteiger charge is -2.40. The van der Waals surface area contributed by atoms with E-state index in [2.05, 4.69) is 0 Å². The number of hydrogen-bond acceptors (Lipinski definition) is 5. The molecule has 5 nitrogen and oxygen atoms in total. The Morgan fingerprint density at radius 1 is 1.29 bits per heavy atom. The second-order valence-corrected chi connectivity index (χ2v) is 5.76. The average molecular weight is 289 g/mol. The van der Waals surface area contributed by atoms with Gasteiger partial charge in [0.1, 0.15) is 23.7 Å². The average Bonchev–Trinajstić information content (AvgIpc) is 2.46. The van der Waals surface area contributed by atoms with Gasteiger partial charge >= 0.3 is 0 Å². The van der Waals surface area contributed by atoms with Crippen molar-refractivity contribution in [3.8, 4) is 11.5 Å². The van der Waals surface area contributed by atoms with Gasteiger partial charge in [-0.15, -0.1) is 0 Å². The second-order valence-electron chi connectivity index (χ2n) is 5.76. The molecule has 0 unspecified atom stereocenters. The number of ketones is 1. The van der Waals surface area contributed by atoms with Crippen molar-refractivity contribution in [1.29, 1.82) is 0 Å². The van der Waals surface area contributed by atoms with Crippen molar-refractivity contribution in [3.05, 3.63) is 23.8 Å². The number of carbonyl (C=O) groups excluding carboxylic acids is 2. The van der Waals surface area contributed by atoms with Crippen LogP contribution in [0.3, 0.4) is 0 Å². The molecule has 5 heteroatoms. The van der Waals surface area contributed by atoms with Crippen molar-refractivity contribution in [2.45, 2.75) is 44.1 Å². The van der Waals surface area contributed by atoms with Crippen molar-refractivity contribution in [1.82, 2.24) is 0 Å². The molecule has 3 rings (SSSR count).